The maximum absolute atomic E-state index is 12.8. The molecule has 0 aliphatic carbocycles. The number of piperazine rings is 1. The lowest BCUT2D eigenvalue weighted by molar-refractivity contribution is 0.0192. The lowest BCUT2D eigenvalue weighted by atomic mass is 10.2. The van der Waals surface area contributed by atoms with E-state index in [0.717, 1.165) is 12.1 Å². The number of hydrogen-bond donors (Lipinski definition) is 2. The van der Waals surface area contributed by atoms with E-state index in [-0.39, 0.29) is 52.2 Å². The predicted molar refractivity (Wildman–Crippen MR) is 146 cm³/mol. The van der Waals surface area contributed by atoms with Crippen LogP contribution in [0.2, 0.25) is 10.0 Å². The molecule has 1 heterocycles. The van der Waals surface area contributed by atoms with Crippen LogP contribution in [-0.4, -0.2) is 86.1 Å². The second-order valence-corrected chi connectivity index (χ2v) is 14.5. The summed E-state index contributed by atoms with van der Waals surface area (Å²) in [6.45, 7) is 5.73. The monoisotopic (exact) mass is 658 g/mol. The first kappa shape index (κ1) is 33.6. The van der Waals surface area contributed by atoms with Crippen molar-refractivity contribution in [2.75, 3.05) is 26.2 Å². The zero-order valence-electron chi connectivity index (χ0n) is 21.3. The van der Waals surface area contributed by atoms with Crippen LogP contribution in [0.1, 0.15) is 41.5 Å². The number of halogens is 3. The van der Waals surface area contributed by atoms with Gasteiger partial charge in [0.2, 0.25) is 10.0 Å². The molecule has 3 rings (SSSR count). The minimum Gasteiger partial charge on any atom is -0.478 e. The maximum atomic E-state index is 12.8. The summed E-state index contributed by atoms with van der Waals surface area (Å²) in [5.74, 6) is -2.49. The fourth-order valence-electron chi connectivity index (χ4n) is 3.23. The Morgan fingerprint density at radius 2 is 1.23 bits per heavy atom. The van der Waals surface area contributed by atoms with Crippen molar-refractivity contribution in [3.63, 3.8) is 0 Å². The van der Waals surface area contributed by atoms with Crippen molar-refractivity contribution in [3.8, 4) is 0 Å². The van der Waals surface area contributed by atoms with Crippen LogP contribution >= 0.6 is 33.9 Å². The Bertz CT molecular complexity index is 1520. The predicted octanol–water partition coefficient (Wildman–Crippen LogP) is 4.25. The molecule has 0 unspecified atom stereocenters. The molecular formula is C23H25Cl3N2O10S2. The van der Waals surface area contributed by atoms with Crippen LogP contribution in [0.4, 0.5) is 4.79 Å². The first-order valence-electron chi connectivity index (χ1n) is 11.2. The minimum atomic E-state index is -4.01. The van der Waals surface area contributed by atoms with Crippen molar-refractivity contribution in [1.29, 1.82) is 0 Å². The van der Waals surface area contributed by atoms with E-state index in [2.05, 4.69) is 0 Å². The van der Waals surface area contributed by atoms with Gasteiger partial charge in [-0.2, -0.15) is 4.31 Å². The number of carboxylic acid groups (broad SMARTS) is 2. The molecule has 0 aromatic heterocycles. The third-order valence-corrected chi connectivity index (χ3v) is 9.31. The van der Waals surface area contributed by atoms with Crippen molar-refractivity contribution in [3.05, 3.63) is 57.6 Å². The zero-order valence-corrected chi connectivity index (χ0v) is 25.2. The summed E-state index contributed by atoms with van der Waals surface area (Å²) in [7, 11) is -2.95. The molecule has 1 fully saturated rings. The molecule has 17 heteroatoms. The van der Waals surface area contributed by atoms with Gasteiger partial charge in [0.1, 0.15) is 15.4 Å². The number of carboxylic acids is 2. The molecule has 0 radical (unpaired) electrons. The summed E-state index contributed by atoms with van der Waals surface area (Å²) >= 11 is 11.5. The van der Waals surface area contributed by atoms with E-state index in [1.165, 1.54) is 33.5 Å². The SMILES string of the molecule is CC(C)(C)OC(=O)N1CCN(S(=O)(=O)c2cc(C(=O)O)ccc2Cl)CC1.O=C(O)c1ccc(Cl)c(S(=O)(=O)Cl)c1. The van der Waals surface area contributed by atoms with Gasteiger partial charge in [-0.15, -0.1) is 0 Å². The second kappa shape index (κ2) is 12.9. The highest BCUT2D eigenvalue weighted by Crippen LogP contribution is 2.27. The molecule has 2 aromatic carbocycles. The summed E-state index contributed by atoms with van der Waals surface area (Å²) in [5, 5.41) is 17.5. The van der Waals surface area contributed by atoms with Crippen LogP contribution < -0.4 is 0 Å². The Hall–Kier alpha value is -2.62. The van der Waals surface area contributed by atoms with Gasteiger partial charge in [-0.1, -0.05) is 23.2 Å². The number of aromatic carboxylic acids is 2. The summed E-state index contributed by atoms with van der Waals surface area (Å²) in [5.41, 5.74) is -0.987. The zero-order chi connectivity index (χ0) is 30.6. The molecule has 12 nitrogen and oxygen atoms in total. The largest absolute Gasteiger partial charge is 0.478 e. The van der Waals surface area contributed by atoms with Crippen molar-refractivity contribution < 1.29 is 46.2 Å². The van der Waals surface area contributed by atoms with Gasteiger partial charge in [-0.25, -0.2) is 31.2 Å². The summed E-state index contributed by atoms with van der Waals surface area (Å²) in [6.07, 6.45) is -0.500. The highest BCUT2D eigenvalue weighted by molar-refractivity contribution is 8.13. The van der Waals surface area contributed by atoms with E-state index in [0.29, 0.717) is 0 Å². The number of rotatable bonds is 5. The molecule has 0 saturated carbocycles. The van der Waals surface area contributed by atoms with Gasteiger partial charge < -0.3 is 19.8 Å². The second-order valence-electron chi connectivity index (χ2n) is 9.21. The quantitative estimate of drug-likeness (QED) is 0.442. The van der Waals surface area contributed by atoms with Crippen LogP contribution in [0.5, 0.6) is 0 Å². The van der Waals surface area contributed by atoms with Crippen LogP contribution in [0.25, 0.3) is 0 Å². The Kier molecular flexibility index (Phi) is 10.8. The molecule has 40 heavy (non-hydrogen) atoms. The van der Waals surface area contributed by atoms with Crippen molar-refractivity contribution in [2.45, 2.75) is 36.2 Å². The van der Waals surface area contributed by atoms with E-state index in [9.17, 15) is 31.2 Å². The molecule has 1 aliphatic heterocycles. The lowest BCUT2D eigenvalue weighted by Gasteiger charge is -2.35. The molecule has 1 aliphatic rings. The molecule has 0 spiro atoms. The summed E-state index contributed by atoms with van der Waals surface area (Å²) in [6, 6.07) is 6.79. The maximum Gasteiger partial charge on any atom is 0.410 e. The van der Waals surface area contributed by atoms with Gasteiger partial charge in [0.05, 0.1) is 21.2 Å². The Morgan fingerprint density at radius 1 is 0.800 bits per heavy atom. The molecular weight excluding hydrogens is 635 g/mol. The lowest BCUT2D eigenvalue weighted by Crippen LogP contribution is -2.51. The van der Waals surface area contributed by atoms with Gasteiger partial charge >= 0.3 is 18.0 Å². The standard InChI is InChI=1S/C16H21ClN2O6S.C7H4Cl2O4S/c1-16(2,3)25-15(22)18-6-8-19(9-7-18)26(23,24)13-10-11(14(20)21)4-5-12(13)17;8-5-2-1-4(7(10)11)3-6(5)14(9,12)13/h4-5,10H,6-9H2,1-3H3,(H,20,21);1-3H,(H,10,11). The molecule has 0 bridgehead atoms. The van der Waals surface area contributed by atoms with Crippen LogP contribution in [0, 0.1) is 0 Å². The Morgan fingerprint density at radius 3 is 1.62 bits per heavy atom. The Balaban J connectivity index is 0.000000337. The molecule has 1 saturated heterocycles. The number of nitrogens with zero attached hydrogens (tertiary/aromatic N) is 2. The molecule has 220 valence electrons. The molecule has 2 N–H and O–H groups in total. The third-order valence-electron chi connectivity index (χ3n) is 5.13. The normalized spacial score (nSPS) is 14.6. The third kappa shape index (κ3) is 8.94. The van der Waals surface area contributed by atoms with Gasteiger partial charge in [0.25, 0.3) is 9.05 Å². The summed E-state index contributed by atoms with van der Waals surface area (Å²) in [4.78, 5) is 34.4. The van der Waals surface area contributed by atoms with Crippen molar-refractivity contribution >= 4 is 71.0 Å². The number of sulfonamides is 1. The van der Waals surface area contributed by atoms with Gasteiger partial charge in [-0.05, 0) is 57.2 Å². The highest BCUT2D eigenvalue weighted by atomic mass is 35.7. The van der Waals surface area contributed by atoms with E-state index in [1.54, 1.807) is 20.8 Å². The van der Waals surface area contributed by atoms with E-state index < -0.39 is 47.6 Å². The van der Waals surface area contributed by atoms with E-state index in [1.807, 2.05) is 0 Å². The van der Waals surface area contributed by atoms with E-state index >= 15 is 0 Å². The van der Waals surface area contributed by atoms with Crippen LogP contribution in [0.3, 0.4) is 0 Å². The number of amides is 1. The first-order chi connectivity index (χ1) is 18.2. The number of carbonyl (C=O) groups excluding carboxylic acids is 1. The summed E-state index contributed by atoms with van der Waals surface area (Å²) < 4.78 is 53.9. The topological polar surface area (TPSA) is 176 Å². The fraction of sp³-hybridized carbons (Fsp3) is 0.348. The molecule has 2 aromatic rings. The minimum absolute atomic E-state index is 0.0513. The number of benzene rings is 2. The smallest absolute Gasteiger partial charge is 0.410 e. The van der Waals surface area contributed by atoms with Gasteiger partial charge in [0.15, 0.2) is 0 Å². The average molecular weight is 660 g/mol. The first-order valence-corrected chi connectivity index (χ1v) is 15.7. The number of ether oxygens (including phenoxy) is 1. The number of hydrogen-bond acceptors (Lipinski definition) is 8. The Labute approximate surface area is 245 Å². The van der Waals surface area contributed by atoms with Crippen molar-refractivity contribution in [2.24, 2.45) is 0 Å². The van der Waals surface area contributed by atoms with Gasteiger partial charge in [0, 0.05) is 36.9 Å². The molecule has 1 amide bonds. The van der Waals surface area contributed by atoms with Crippen LogP contribution in [-0.2, 0) is 23.8 Å². The van der Waals surface area contributed by atoms with Crippen LogP contribution in [0.15, 0.2) is 46.2 Å². The highest BCUT2D eigenvalue weighted by Gasteiger charge is 2.33. The van der Waals surface area contributed by atoms with Crippen molar-refractivity contribution in [1.82, 2.24) is 9.21 Å². The fourth-order valence-corrected chi connectivity index (χ4v) is 6.65. The van der Waals surface area contributed by atoms with Gasteiger partial charge in [-0.3, -0.25) is 0 Å². The number of carbonyl (C=O) groups is 3. The molecule has 0 atom stereocenters. The average Bonchev–Trinajstić information content (AvgIpc) is 2.83. The van der Waals surface area contributed by atoms with E-state index in [4.69, 9.17) is 48.8 Å².